The molecule has 0 aliphatic rings. The van der Waals surface area contributed by atoms with Gasteiger partial charge in [0.1, 0.15) is 0 Å². The van der Waals surface area contributed by atoms with Gasteiger partial charge in [-0.3, -0.25) is 4.79 Å². The third kappa shape index (κ3) is 2.80. The Balaban J connectivity index is 3.34. The first kappa shape index (κ1) is 12.7. The van der Waals surface area contributed by atoms with Crippen LogP contribution in [0.5, 0.6) is 0 Å². The van der Waals surface area contributed by atoms with Crippen molar-refractivity contribution in [3.05, 3.63) is 29.3 Å². The lowest BCUT2D eigenvalue weighted by molar-refractivity contribution is -0.136. The first-order chi connectivity index (χ1) is 7.36. The van der Waals surface area contributed by atoms with Gasteiger partial charge in [-0.05, 0) is 31.2 Å². The van der Waals surface area contributed by atoms with E-state index in [0.29, 0.717) is 0 Å². The van der Waals surface area contributed by atoms with E-state index in [0.717, 1.165) is 5.56 Å². The summed E-state index contributed by atoms with van der Waals surface area (Å²) in [5.74, 6) is -1.06. The average molecular weight is 243 g/mol. The number of hydrogen-bond donors (Lipinski definition) is 2. The second-order valence-electron chi connectivity index (χ2n) is 3.39. The van der Waals surface area contributed by atoms with Crippen molar-refractivity contribution in [1.29, 1.82) is 0 Å². The maximum absolute atomic E-state index is 11.7. The summed E-state index contributed by atoms with van der Waals surface area (Å²) in [6, 6.07) is 4.67. The molecule has 0 bridgehead atoms. The Morgan fingerprint density at radius 1 is 1.44 bits per heavy atom. The summed E-state index contributed by atoms with van der Waals surface area (Å²) in [6.45, 7) is 1.75. The highest BCUT2D eigenvalue weighted by Gasteiger charge is 2.18. The average Bonchev–Trinajstić information content (AvgIpc) is 2.20. The summed E-state index contributed by atoms with van der Waals surface area (Å²) in [6.07, 6.45) is -0.309. The SMILES string of the molecule is CNS(=O)(=O)c1cc(C)ccc1CC(=O)O. The number of rotatable bonds is 4. The summed E-state index contributed by atoms with van der Waals surface area (Å²) in [7, 11) is -2.32. The molecule has 0 aromatic heterocycles. The lowest BCUT2D eigenvalue weighted by Gasteiger charge is -2.08. The van der Waals surface area contributed by atoms with Crippen LogP contribution in [-0.4, -0.2) is 26.5 Å². The standard InChI is InChI=1S/C10H13NO4S/c1-7-3-4-8(6-10(12)13)9(5-7)16(14,15)11-2/h3-5,11H,6H2,1-2H3,(H,12,13). The summed E-state index contributed by atoms with van der Waals surface area (Å²) in [5, 5.41) is 8.68. The van der Waals surface area contributed by atoms with Crippen molar-refractivity contribution in [2.24, 2.45) is 0 Å². The third-order valence-electron chi connectivity index (χ3n) is 2.12. The molecule has 1 rings (SSSR count). The molecule has 0 fully saturated rings. The minimum Gasteiger partial charge on any atom is -0.481 e. The fourth-order valence-electron chi connectivity index (χ4n) is 1.33. The normalized spacial score (nSPS) is 11.4. The van der Waals surface area contributed by atoms with E-state index < -0.39 is 16.0 Å². The zero-order valence-electron chi connectivity index (χ0n) is 9.02. The van der Waals surface area contributed by atoms with Crippen LogP contribution >= 0.6 is 0 Å². The van der Waals surface area contributed by atoms with Crippen molar-refractivity contribution in [3.8, 4) is 0 Å². The number of aryl methyl sites for hydroxylation is 1. The van der Waals surface area contributed by atoms with Gasteiger partial charge < -0.3 is 5.11 Å². The van der Waals surface area contributed by atoms with Crippen LogP contribution in [0.2, 0.25) is 0 Å². The number of carboxylic acids is 1. The van der Waals surface area contributed by atoms with Gasteiger partial charge in [0.2, 0.25) is 10.0 Å². The largest absolute Gasteiger partial charge is 0.481 e. The van der Waals surface area contributed by atoms with E-state index in [2.05, 4.69) is 4.72 Å². The number of hydrogen-bond acceptors (Lipinski definition) is 3. The highest BCUT2D eigenvalue weighted by molar-refractivity contribution is 7.89. The van der Waals surface area contributed by atoms with Crippen LogP contribution < -0.4 is 4.72 Å². The van der Waals surface area contributed by atoms with Crippen molar-refractivity contribution in [2.45, 2.75) is 18.2 Å². The third-order valence-corrected chi connectivity index (χ3v) is 3.62. The van der Waals surface area contributed by atoms with Crippen molar-refractivity contribution < 1.29 is 18.3 Å². The molecule has 2 N–H and O–H groups in total. The van der Waals surface area contributed by atoms with Gasteiger partial charge in [-0.15, -0.1) is 0 Å². The predicted octanol–water partition coefficient (Wildman–Crippen LogP) is 0.530. The quantitative estimate of drug-likeness (QED) is 0.808. The van der Waals surface area contributed by atoms with E-state index in [-0.39, 0.29) is 16.9 Å². The highest BCUT2D eigenvalue weighted by Crippen LogP contribution is 2.17. The molecule has 0 saturated heterocycles. The molecule has 0 atom stereocenters. The molecule has 0 aliphatic heterocycles. The Kier molecular flexibility index (Phi) is 3.66. The van der Waals surface area contributed by atoms with Gasteiger partial charge in [-0.1, -0.05) is 12.1 Å². The molecule has 0 aliphatic carbocycles. The van der Waals surface area contributed by atoms with Gasteiger partial charge in [-0.2, -0.15) is 0 Å². The van der Waals surface area contributed by atoms with Gasteiger partial charge in [0.25, 0.3) is 0 Å². The second-order valence-corrected chi connectivity index (χ2v) is 5.24. The molecule has 0 radical (unpaired) electrons. The smallest absolute Gasteiger partial charge is 0.307 e. The minimum absolute atomic E-state index is 0.0254. The summed E-state index contributed by atoms with van der Waals surface area (Å²) < 4.78 is 25.5. The maximum atomic E-state index is 11.7. The summed E-state index contributed by atoms with van der Waals surface area (Å²) in [4.78, 5) is 10.6. The van der Waals surface area contributed by atoms with Gasteiger partial charge in [0.05, 0.1) is 11.3 Å². The zero-order chi connectivity index (χ0) is 12.3. The van der Waals surface area contributed by atoms with E-state index in [1.54, 1.807) is 13.0 Å². The molecule has 0 unspecified atom stereocenters. The fourth-order valence-corrected chi connectivity index (χ4v) is 2.38. The first-order valence-corrected chi connectivity index (χ1v) is 6.10. The monoisotopic (exact) mass is 243 g/mol. The molecule has 1 aromatic rings. The van der Waals surface area contributed by atoms with Gasteiger partial charge >= 0.3 is 5.97 Å². The number of carboxylic acid groups (broad SMARTS) is 1. The van der Waals surface area contributed by atoms with Gasteiger partial charge in [0, 0.05) is 0 Å². The van der Waals surface area contributed by atoms with Crippen LogP contribution in [0.3, 0.4) is 0 Å². The van der Waals surface area contributed by atoms with Crippen molar-refractivity contribution in [2.75, 3.05) is 7.05 Å². The van der Waals surface area contributed by atoms with E-state index in [9.17, 15) is 13.2 Å². The van der Waals surface area contributed by atoms with E-state index in [1.165, 1.54) is 19.2 Å². The van der Waals surface area contributed by atoms with Crippen molar-refractivity contribution in [3.63, 3.8) is 0 Å². The minimum atomic E-state index is -3.61. The molecule has 6 heteroatoms. The highest BCUT2D eigenvalue weighted by atomic mass is 32.2. The Labute approximate surface area is 94.2 Å². The number of nitrogens with one attached hydrogen (secondary N) is 1. The molecule has 88 valence electrons. The molecular weight excluding hydrogens is 230 g/mol. The lowest BCUT2D eigenvalue weighted by atomic mass is 10.1. The topological polar surface area (TPSA) is 83.5 Å². The molecular formula is C10H13NO4S. The Hall–Kier alpha value is -1.40. The molecule has 5 nitrogen and oxygen atoms in total. The zero-order valence-corrected chi connectivity index (χ0v) is 9.84. The molecule has 0 spiro atoms. The Morgan fingerprint density at radius 2 is 2.06 bits per heavy atom. The number of sulfonamides is 1. The lowest BCUT2D eigenvalue weighted by Crippen LogP contribution is -2.21. The maximum Gasteiger partial charge on any atom is 0.307 e. The van der Waals surface area contributed by atoms with Crippen LogP contribution in [0, 0.1) is 6.92 Å². The van der Waals surface area contributed by atoms with Crippen molar-refractivity contribution in [1.82, 2.24) is 4.72 Å². The van der Waals surface area contributed by atoms with Crippen LogP contribution in [0.25, 0.3) is 0 Å². The molecule has 16 heavy (non-hydrogen) atoms. The summed E-state index contributed by atoms with van der Waals surface area (Å²) >= 11 is 0. The molecule has 1 aromatic carbocycles. The number of carbonyl (C=O) groups is 1. The Bertz CT molecular complexity index is 508. The Morgan fingerprint density at radius 3 is 2.56 bits per heavy atom. The van der Waals surface area contributed by atoms with E-state index in [4.69, 9.17) is 5.11 Å². The fraction of sp³-hybridized carbons (Fsp3) is 0.300. The second kappa shape index (κ2) is 4.63. The molecule has 0 amide bonds. The van der Waals surface area contributed by atoms with Crippen LogP contribution in [0.4, 0.5) is 0 Å². The van der Waals surface area contributed by atoms with E-state index >= 15 is 0 Å². The van der Waals surface area contributed by atoms with Crippen molar-refractivity contribution >= 4 is 16.0 Å². The first-order valence-electron chi connectivity index (χ1n) is 4.61. The van der Waals surface area contributed by atoms with Crippen LogP contribution in [-0.2, 0) is 21.2 Å². The number of aliphatic carboxylic acids is 1. The van der Waals surface area contributed by atoms with E-state index in [1.807, 2.05) is 0 Å². The van der Waals surface area contributed by atoms with Crippen LogP contribution in [0.15, 0.2) is 23.1 Å². The molecule has 0 heterocycles. The van der Waals surface area contributed by atoms with Gasteiger partial charge in [0.15, 0.2) is 0 Å². The number of benzene rings is 1. The van der Waals surface area contributed by atoms with Gasteiger partial charge in [-0.25, -0.2) is 13.1 Å². The predicted molar refractivity (Wildman–Crippen MR) is 58.8 cm³/mol. The summed E-state index contributed by atoms with van der Waals surface area (Å²) in [5.41, 5.74) is 1.05. The molecule has 0 saturated carbocycles. The van der Waals surface area contributed by atoms with Crippen LogP contribution in [0.1, 0.15) is 11.1 Å².